The maximum Gasteiger partial charge on any atom is 0.186 e. The van der Waals surface area contributed by atoms with Gasteiger partial charge in [-0.1, -0.05) is 130 Å². The number of hydrogen-bond donors (Lipinski definition) is 0. The fourth-order valence-corrected chi connectivity index (χ4v) is 9.68. The Bertz CT molecular complexity index is 1260. The Balaban J connectivity index is 2.07. The molecule has 4 rings (SSSR count). The normalized spacial score (nSPS) is 17.0. The maximum absolute atomic E-state index is 13.7. The van der Waals surface area contributed by atoms with E-state index in [4.69, 9.17) is 0 Å². The molecule has 0 bridgehead atoms. The third kappa shape index (κ3) is 6.35. The fourth-order valence-electron chi connectivity index (χ4n) is 4.81. The zero-order chi connectivity index (χ0) is 30.0. The lowest BCUT2D eigenvalue weighted by molar-refractivity contribution is 0.326. The van der Waals surface area contributed by atoms with Crippen molar-refractivity contribution in [3.63, 3.8) is 0 Å². The highest BCUT2D eigenvalue weighted by atomic mass is 32.2. The highest BCUT2D eigenvalue weighted by Gasteiger charge is 2.34. The summed E-state index contributed by atoms with van der Waals surface area (Å²) >= 11 is 7.12. The molecule has 2 radical (unpaired) electrons. The van der Waals surface area contributed by atoms with E-state index in [1.54, 1.807) is 47.0 Å². The fraction of sp³-hybridized carbons (Fsp3) is 0.471. The second-order valence-corrected chi connectivity index (χ2v) is 19.1. The largest absolute Gasteiger partial charge is 0.289 e. The van der Waals surface area contributed by atoms with Crippen LogP contribution in [0.5, 0.6) is 11.5 Å². The topological polar surface area (TPSA) is 39.8 Å². The molecule has 0 saturated carbocycles. The molecule has 2 aromatic rings. The van der Waals surface area contributed by atoms with E-state index in [0.29, 0.717) is 0 Å². The second kappa shape index (κ2) is 10.7. The summed E-state index contributed by atoms with van der Waals surface area (Å²) in [5.74, 6) is 0.291. The van der Waals surface area contributed by atoms with Crippen molar-refractivity contribution in [3.8, 4) is 11.5 Å². The molecule has 0 spiro atoms. The van der Waals surface area contributed by atoms with Crippen molar-refractivity contribution in [2.45, 2.75) is 105 Å². The predicted octanol–water partition coefficient (Wildman–Crippen LogP) is 12.5. The number of thioether (sulfide) groups is 4. The molecule has 0 saturated heterocycles. The van der Waals surface area contributed by atoms with Crippen LogP contribution in [0.25, 0.3) is 9.81 Å². The minimum absolute atomic E-state index is 0.145. The smallest absolute Gasteiger partial charge is 0.186 e. The summed E-state index contributed by atoms with van der Waals surface area (Å²) in [5.41, 5.74) is 4.43. The monoisotopic (exact) mass is 610 g/mol. The average Bonchev–Trinajstić information content (AvgIpc) is 3.46. The van der Waals surface area contributed by atoms with Crippen molar-refractivity contribution in [3.05, 3.63) is 76.9 Å². The van der Waals surface area contributed by atoms with E-state index >= 15 is 0 Å². The van der Waals surface area contributed by atoms with Crippen LogP contribution in [0.4, 0.5) is 0 Å². The van der Waals surface area contributed by atoms with E-state index in [0.717, 1.165) is 43.2 Å². The summed E-state index contributed by atoms with van der Waals surface area (Å²) in [5, 5.41) is 31.7. The molecule has 0 fully saturated rings. The Morgan fingerprint density at radius 1 is 0.450 bits per heavy atom. The molecule has 2 aromatic carbocycles. The first-order chi connectivity index (χ1) is 18.2. The Hall–Kier alpha value is -1.34. The maximum atomic E-state index is 13.7. The van der Waals surface area contributed by atoms with Gasteiger partial charge in [0.15, 0.2) is 11.5 Å². The van der Waals surface area contributed by atoms with Gasteiger partial charge in [0.1, 0.15) is 0 Å². The molecule has 0 unspecified atom stereocenters. The summed E-state index contributed by atoms with van der Waals surface area (Å²) in [6.45, 7) is 25.4. The molecule has 2 nitrogen and oxygen atoms in total. The van der Waals surface area contributed by atoms with Gasteiger partial charge >= 0.3 is 0 Å². The number of hydrogen-bond acceptors (Lipinski definition) is 4. The van der Waals surface area contributed by atoms with Gasteiger partial charge in [0.05, 0.1) is 8.47 Å². The van der Waals surface area contributed by atoms with Crippen LogP contribution in [-0.2, 0) is 31.9 Å². The Labute approximate surface area is 259 Å². The van der Waals surface area contributed by atoms with E-state index in [2.05, 4.69) is 118 Å². The molecule has 2 heterocycles. The summed E-state index contributed by atoms with van der Waals surface area (Å²) in [6, 6.07) is 8.49. The molecule has 0 aliphatic carbocycles. The van der Waals surface area contributed by atoms with Crippen molar-refractivity contribution >= 4 is 56.9 Å². The van der Waals surface area contributed by atoms with Gasteiger partial charge in [-0.15, -0.1) is 0 Å². The van der Waals surface area contributed by atoms with E-state index in [-0.39, 0.29) is 33.2 Å². The van der Waals surface area contributed by atoms with Crippen LogP contribution in [0, 0.1) is 0 Å². The van der Waals surface area contributed by atoms with Crippen molar-refractivity contribution < 1.29 is 10.2 Å². The van der Waals surface area contributed by atoms with Crippen LogP contribution < -0.4 is 0 Å². The van der Waals surface area contributed by atoms with E-state index in [9.17, 15) is 10.2 Å². The van der Waals surface area contributed by atoms with Crippen LogP contribution in [-0.4, -0.2) is 0 Å². The zero-order valence-electron chi connectivity index (χ0n) is 25.9. The SMILES string of the molecule is CC(C)(C)c1cc(C2=C(c3cc(C(C)(C)C)c([O])c(C(C)(C)C)c3)SC(=C3SC=CS3)S2)cc(C(C)(C)C)c1[O]. The molecule has 6 heteroatoms. The molecular formula is C34H42O2S4. The Kier molecular flexibility index (Phi) is 8.48. The van der Waals surface area contributed by atoms with Gasteiger partial charge in [0.25, 0.3) is 0 Å². The first kappa shape index (κ1) is 31.6. The highest BCUT2D eigenvalue weighted by molar-refractivity contribution is 8.37. The zero-order valence-corrected chi connectivity index (χ0v) is 29.2. The molecule has 2 aliphatic heterocycles. The number of rotatable bonds is 2. The lowest BCUT2D eigenvalue weighted by Gasteiger charge is -2.28. The second-order valence-electron chi connectivity index (χ2n) is 14.7. The van der Waals surface area contributed by atoms with Crippen LogP contribution in [0.2, 0.25) is 0 Å². The van der Waals surface area contributed by atoms with Crippen LogP contribution in [0.1, 0.15) is 116 Å². The van der Waals surface area contributed by atoms with Gasteiger partial charge in [0, 0.05) is 32.1 Å². The lowest BCUT2D eigenvalue weighted by Crippen LogP contribution is -2.18. The van der Waals surface area contributed by atoms with Crippen LogP contribution >= 0.6 is 47.0 Å². The minimum atomic E-state index is -0.282. The Morgan fingerprint density at radius 2 is 0.725 bits per heavy atom. The third-order valence-electron chi connectivity index (χ3n) is 7.10. The van der Waals surface area contributed by atoms with Crippen molar-refractivity contribution in [1.82, 2.24) is 0 Å². The van der Waals surface area contributed by atoms with Crippen LogP contribution in [0.15, 0.2) is 43.6 Å². The Morgan fingerprint density at radius 3 is 0.975 bits per heavy atom. The molecule has 0 atom stereocenters. The predicted molar refractivity (Wildman–Crippen MR) is 181 cm³/mol. The molecule has 214 valence electrons. The van der Waals surface area contributed by atoms with Crippen molar-refractivity contribution in [2.24, 2.45) is 0 Å². The average molecular weight is 611 g/mol. The van der Waals surface area contributed by atoms with Gasteiger partial charge in [0.2, 0.25) is 0 Å². The van der Waals surface area contributed by atoms with Gasteiger partial charge < -0.3 is 0 Å². The van der Waals surface area contributed by atoms with E-state index in [1.807, 2.05) is 0 Å². The molecular weight excluding hydrogens is 569 g/mol. The standard InChI is InChI=1S/C34H42O2S4/c1-31(2,3)21-15-19(16-22(25(21)35)32(4,5)6)27-28(40-30(39-27)29-37-13-14-38-29)20-17-23(33(7,8)9)26(36)24(18-20)34(10,11)12/h13-18H,1-12H3. The third-order valence-corrected chi connectivity index (χ3v) is 12.4. The minimum Gasteiger partial charge on any atom is -0.289 e. The molecule has 0 aromatic heterocycles. The molecule has 40 heavy (non-hydrogen) atoms. The van der Waals surface area contributed by atoms with Gasteiger partial charge in [-0.2, -0.15) is 0 Å². The first-order valence-electron chi connectivity index (χ1n) is 13.7. The summed E-state index contributed by atoms with van der Waals surface area (Å²) in [4.78, 5) is 2.32. The lowest BCUT2D eigenvalue weighted by atomic mass is 9.77. The van der Waals surface area contributed by atoms with E-state index in [1.165, 1.54) is 8.47 Å². The first-order valence-corrected chi connectivity index (χ1v) is 17.1. The van der Waals surface area contributed by atoms with Gasteiger partial charge in [-0.3, -0.25) is 10.2 Å². The molecule has 0 amide bonds. The highest BCUT2D eigenvalue weighted by Crippen LogP contribution is 2.63. The molecule has 2 aliphatic rings. The van der Waals surface area contributed by atoms with Crippen LogP contribution in [0.3, 0.4) is 0 Å². The molecule has 0 N–H and O–H groups in total. The summed E-state index contributed by atoms with van der Waals surface area (Å²) < 4.78 is 2.54. The van der Waals surface area contributed by atoms with Crippen molar-refractivity contribution in [1.29, 1.82) is 0 Å². The van der Waals surface area contributed by atoms with E-state index < -0.39 is 0 Å². The number of benzene rings is 2. The van der Waals surface area contributed by atoms with Gasteiger partial charge in [-0.05, 0) is 67.9 Å². The van der Waals surface area contributed by atoms with Gasteiger partial charge in [-0.25, -0.2) is 0 Å². The summed E-state index contributed by atoms with van der Waals surface area (Å²) in [6.07, 6.45) is 0. The van der Waals surface area contributed by atoms with Crippen molar-refractivity contribution in [2.75, 3.05) is 0 Å². The summed E-state index contributed by atoms with van der Waals surface area (Å²) in [7, 11) is 0. The quantitative estimate of drug-likeness (QED) is 0.339.